The van der Waals surface area contributed by atoms with E-state index < -0.39 is 5.60 Å². The third-order valence-electron chi connectivity index (χ3n) is 3.53. The van der Waals surface area contributed by atoms with Crippen LogP contribution in [0.5, 0.6) is 0 Å². The molecule has 0 radical (unpaired) electrons. The third kappa shape index (κ3) is 3.66. The monoisotopic (exact) mass is 244 g/mol. The standard InChI is InChI=1S/C12H24N2O3/c1-9(2)14(4)11(15)7-13-8-12(16)5-6-17-10(12)3/h9-10,13,16H,5-8H2,1-4H3. The molecule has 0 aromatic carbocycles. The van der Waals surface area contributed by atoms with Crippen molar-refractivity contribution in [3.63, 3.8) is 0 Å². The van der Waals surface area contributed by atoms with Crippen LogP contribution in [0.15, 0.2) is 0 Å². The Kier molecular flexibility index (Phi) is 4.91. The first-order valence-corrected chi connectivity index (χ1v) is 6.17. The van der Waals surface area contributed by atoms with Gasteiger partial charge in [0.05, 0.1) is 12.6 Å². The van der Waals surface area contributed by atoms with E-state index in [0.717, 1.165) is 0 Å². The van der Waals surface area contributed by atoms with Crippen LogP contribution in [0, 0.1) is 0 Å². The number of ether oxygens (including phenoxy) is 1. The normalized spacial score (nSPS) is 28.7. The molecule has 1 heterocycles. The van der Waals surface area contributed by atoms with Crippen molar-refractivity contribution in [2.24, 2.45) is 0 Å². The molecule has 1 saturated heterocycles. The molecular weight excluding hydrogens is 220 g/mol. The van der Waals surface area contributed by atoms with Gasteiger partial charge in [0.1, 0.15) is 5.60 Å². The summed E-state index contributed by atoms with van der Waals surface area (Å²) in [5, 5.41) is 13.2. The second-order valence-electron chi connectivity index (χ2n) is 5.07. The quantitative estimate of drug-likeness (QED) is 0.713. The van der Waals surface area contributed by atoms with E-state index in [9.17, 15) is 9.90 Å². The summed E-state index contributed by atoms with van der Waals surface area (Å²) >= 11 is 0. The number of amides is 1. The van der Waals surface area contributed by atoms with Crippen molar-refractivity contribution in [3.05, 3.63) is 0 Å². The predicted molar refractivity (Wildman–Crippen MR) is 65.8 cm³/mol. The Morgan fingerprint density at radius 1 is 1.65 bits per heavy atom. The molecule has 1 rings (SSSR count). The van der Waals surface area contributed by atoms with Crippen molar-refractivity contribution in [1.82, 2.24) is 10.2 Å². The summed E-state index contributed by atoms with van der Waals surface area (Å²) in [6.07, 6.45) is 0.447. The number of hydrogen-bond donors (Lipinski definition) is 2. The molecule has 0 spiro atoms. The second-order valence-corrected chi connectivity index (χ2v) is 5.07. The van der Waals surface area contributed by atoms with Gasteiger partial charge in [-0.3, -0.25) is 4.79 Å². The van der Waals surface area contributed by atoms with Crippen molar-refractivity contribution in [2.75, 3.05) is 26.7 Å². The van der Waals surface area contributed by atoms with Crippen molar-refractivity contribution in [1.29, 1.82) is 0 Å². The van der Waals surface area contributed by atoms with Crippen LogP contribution in [0.2, 0.25) is 0 Å². The fraction of sp³-hybridized carbons (Fsp3) is 0.917. The summed E-state index contributed by atoms with van der Waals surface area (Å²) in [6, 6.07) is 0.195. The highest BCUT2D eigenvalue weighted by atomic mass is 16.5. The van der Waals surface area contributed by atoms with Crippen LogP contribution in [0.1, 0.15) is 27.2 Å². The lowest BCUT2D eigenvalue weighted by atomic mass is 9.97. The number of nitrogens with one attached hydrogen (secondary N) is 1. The van der Waals surface area contributed by atoms with E-state index in [1.165, 1.54) is 0 Å². The van der Waals surface area contributed by atoms with Gasteiger partial charge in [-0.15, -0.1) is 0 Å². The zero-order chi connectivity index (χ0) is 13.1. The number of nitrogens with zero attached hydrogens (tertiary/aromatic N) is 1. The van der Waals surface area contributed by atoms with E-state index in [1.807, 2.05) is 20.8 Å². The topological polar surface area (TPSA) is 61.8 Å². The molecule has 1 aliphatic heterocycles. The average molecular weight is 244 g/mol. The van der Waals surface area contributed by atoms with Gasteiger partial charge in [-0.05, 0) is 20.8 Å². The Morgan fingerprint density at radius 3 is 2.76 bits per heavy atom. The Bertz CT molecular complexity index is 270. The summed E-state index contributed by atoms with van der Waals surface area (Å²) in [4.78, 5) is 13.4. The van der Waals surface area contributed by atoms with Gasteiger partial charge in [0.15, 0.2) is 0 Å². The van der Waals surface area contributed by atoms with Crippen LogP contribution in [-0.2, 0) is 9.53 Å². The van der Waals surface area contributed by atoms with Gasteiger partial charge in [0.2, 0.25) is 5.91 Å². The second kappa shape index (κ2) is 5.80. The first-order chi connectivity index (χ1) is 7.87. The van der Waals surface area contributed by atoms with Crippen LogP contribution in [-0.4, -0.2) is 60.4 Å². The molecule has 2 atom stereocenters. The van der Waals surface area contributed by atoms with E-state index in [0.29, 0.717) is 19.6 Å². The first-order valence-electron chi connectivity index (χ1n) is 6.17. The van der Waals surface area contributed by atoms with E-state index in [-0.39, 0.29) is 24.6 Å². The van der Waals surface area contributed by atoms with Crippen molar-refractivity contribution < 1.29 is 14.6 Å². The maximum atomic E-state index is 11.7. The van der Waals surface area contributed by atoms with Crippen LogP contribution in [0.25, 0.3) is 0 Å². The summed E-state index contributed by atoms with van der Waals surface area (Å²) in [6.45, 7) is 7.03. The van der Waals surface area contributed by atoms with Crippen molar-refractivity contribution in [3.8, 4) is 0 Å². The number of carbonyl (C=O) groups excluding carboxylic acids is 1. The molecule has 2 unspecified atom stereocenters. The summed E-state index contributed by atoms with van der Waals surface area (Å²) in [5.41, 5.74) is -0.837. The number of rotatable bonds is 5. The van der Waals surface area contributed by atoms with E-state index in [2.05, 4.69) is 5.32 Å². The zero-order valence-electron chi connectivity index (χ0n) is 11.2. The Morgan fingerprint density at radius 2 is 2.29 bits per heavy atom. The average Bonchev–Trinajstić information content (AvgIpc) is 2.58. The van der Waals surface area contributed by atoms with E-state index in [4.69, 9.17) is 4.74 Å². The van der Waals surface area contributed by atoms with E-state index >= 15 is 0 Å². The largest absolute Gasteiger partial charge is 0.386 e. The smallest absolute Gasteiger partial charge is 0.236 e. The van der Waals surface area contributed by atoms with Gasteiger partial charge in [-0.2, -0.15) is 0 Å². The fourth-order valence-corrected chi connectivity index (χ4v) is 1.80. The summed E-state index contributed by atoms with van der Waals surface area (Å²) in [7, 11) is 1.78. The summed E-state index contributed by atoms with van der Waals surface area (Å²) in [5.74, 6) is 0.0372. The molecule has 0 aromatic rings. The van der Waals surface area contributed by atoms with Gasteiger partial charge < -0.3 is 20.1 Å². The third-order valence-corrected chi connectivity index (χ3v) is 3.53. The van der Waals surface area contributed by atoms with E-state index in [1.54, 1.807) is 11.9 Å². The minimum absolute atomic E-state index is 0.0372. The molecule has 5 nitrogen and oxygen atoms in total. The molecule has 0 saturated carbocycles. The molecule has 2 N–H and O–H groups in total. The molecule has 1 aliphatic rings. The lowest BCUT2D eigenvalue weighted by Gasteiger charge is -2.27. The molecule has 100 valence electrons. The van der Waals surface area contributed by atoms with Crippen LogP contribution >= 0.6 is 0 Å². The number of aliphatic hydroxyl groups is 1. The molecule has 0 aromatic heterocycles. The van der Waals surface area contributed by atoms with Gasteiger partial charge >= 0.3 is 0 Å². The first kappa shape index (κ1) is 14.4. The van der Waals surface area contributed by atoms with Gasteiger partial charge in [0.25, 0.3) is 0 Å². The lowest BCUT2D eigenvalue weighted by molar-refractivity contribution is -0.130. The summed E-state index contributed by atoms with van der Waals surface area (Å²) < 4.78 is 5.33. The lowest BCUT2D eigenvalue weighted by Crippen LogP contribution is -2.48. The highest BCUT2D eigenvalue weighted by molar-refractivity contribution is 5.78. The highest BCUT2D eigenvalue weighted by Gasteiger charge is 2.39. The Hall–Kier alpha value is -0.650. The number of hydrogen-bond acceptors (Lipinski definition) is 4. The maximum absolute atomic E-state index is 11.7. The van der Waals surface area contributed by atoms with Crippen molar-refractivity contribution >= 4 is 5.91 Å². The van der Waals surface area contributed by atoms with Gasteiger partial charge in [0, 0.05) is 32.7 Å². The van der Waals surface area contributed by atoms with Crippen LogP contribution in [0.4, 0.5) is 0 Å². The Balaban J connectivity index is 2.30. The van der Waals surface area contributed by atoms with Crippen LogP contribution in [0.3, 0.4) is 0 Å². The van der Waals surface area contributed by atoms with Crippen LogP contribution < -0.4 is 5.32 Å². The van der Waals surface area contributed by atoms with Crippen molar-refractivity contribution in [2.45, 2.75) is 44.9 Å². The predicted octanol–water partition coefficient (Wildman–Crippen LogP) is -0.0173. The van der Waals surface area contributed by atoms with Gasteiger partial charge in [-0.1, -0.05) is 0 Å². The highest BCUT2D eigenvalue weighted by Crippen LogP contribution is 2.24. The molecule has 17 heavy (non-hydrogen) atoms. The SMILES string of the molecule is CC(C)N(C)C(=O)CNCC1(O)CCOC1C. The molecule has 1 amide bonds. The molecule has 5 heteroatoms. The minimum atomic E-state index is -0.837. The molecule has 0 aliphatic carbocycles. The van der Waals surface area contributed by atoms with Gasteiger partial charge in [-0.25, -0.2) is 0 Å². The molecular formula is C12H24N2O3. The molecule has 1 fully saturated rings. The zero-order valence-corrected chi connectivity index (χ0v) is 11.2. The fourth-order valence-electron chi connectivity index (χ4n) is 1.80. The Labute approximate surface area is 103 Å². The number of carbonyl (C=O) groups is 1. The minimum Gasteiger partial charge on any atom is -0.386 e. The number of likely N-dealkylation sites (N-methyl/N-ethyl adjacent to an activating group) is 1. The maximum Gasteiger partial charge on any atom is 0.236 e. The molecule has 0 bridgehead atoms.